The van der Waals surface area contributed by atoms with E-state index < -0.39 is 5.60 Å². The van der Waals surface area contributed by atoms with Crippen molar-refractivity contribution in [2.45, 2.75) is 64.0 Å². The molecule has 1 aliphatic carbocycles. The minimum atomic E-state index is -0.477. The maximum atomic E-state index is 12.0. The molecule has 1 heterocycles. The Bertz CT molecular complexity index is 692. The molecule has 1 saturated carbocycles. The Morgan fingerprint density at radius 1 is 1.29 bits per heavy atom. The van der Waals surface area contributed by atoms with Crippen molar-refractivity contribution in [3.05, 3.63) is 35.9 Å². The number of carbonyl (C=O) groups excluding carboxylic acids is 1. The molecule has 1 saturated heterocycles. The third-order valence-electron chi connectivity index (χ3n) is 5.31. The van der Waals surface area contributed by atoms with E-state index in [0.717, 1.165) is 38.6 Å². The van der Waals surface area contributed by atoms with Crippen LogP contribution in [0.2, 0.25) is 0 Å². The number of hydrogen-bond donors (Lipinski definition) is 2. The standard InChI is InChI=1S/C22H34N4O2/c1-5-23-19(24-16-22(12-13-22)17-9-7-6-8-10-17)26-14-11-18(15-26)25-20(27)28-21(2,3)4/h6-10,18H,5,11-16H2,1-4H3,(H,23,24)(H,25,27). The normalized spacial score (nSPS) is 21.4. The molecular weight excluding hydrogens is 352 g/mol. The van der Waals surface area contributed by atoms with Crippen LogP contribution in [0.3, 0.4) is 0 Å². The molecule has 0 bridgehead atoms. The molecular formula is C22H34N4O2. The van der Waals surface area contributed by atoms with Crippen LogP contribution >= 0.6 is 0 Å². The van der Waals surface area contributed by atoms with Gasteiger partial charge in [-0.1, -0.05) is 30.3 Å². The van der Waals surface area contributed by atoms with Gasteiger partial charge in [-0.25, -0.2) is 4.79 Å². The molecule has 0 aromatic heterocycles. The van der Waals surface area contributed by atoms with E-state index in [2.05, 4.69) is 52.8 Å². The van der Waals surface area contributed by atoms with Crippen LogP contribution in [0, 0.1) is 0 Å². The van der Waals surface area contributed by atoms with Crippen LogP contribution in [-0.2, 0) is 10.2 Å². The van der Waals surface area contributed by atoms with E-state index in [1.165, 1.54) is 18.4 Å². The molecule has 1 aromatic carbocycles. The van der Waals surface area contributed by atoms with Crippen molar-refractivity contribution >= 4 is 12.1 Å². The van der Waals surface area contributed by atoms with Crippen LogP contribution < -0.4 is 10.6 Å². The Hall–Kier alpha value is -2.24. The molecule has 28 heavy (non-hydrogen) atoms. The molecule has 1 amide bonds. The molecule has 0 spiro atoms. The second kappa shape index (κ2) is 8.41. The van der Waals surface area contributed by atoms with Gasteiger partial charge in [-0.2, -0.15) is 0 Å². The number of nitrogens with zero attached hydrogens (tertiary/aromatic N) is 2. The van der Waals surface area contributed by atoms with Gasteiger partial charge in [0.15, 0.2) is 5.96 Å². The molecule has 1 aliphatic heterocycles. The summed E-state index contributed by atoms with van der Waals surface area (Å²) < 4.78 is 5.38. The molecule has 3 rings (SSSR count). The monoisotopic (exact) mass is 386 g/mol. The largest absolute Gasteiger partial charge is 0.444 e. The van der Waals surface area contributed by atoms with Crippen molar-refractivity contribution in [2.24, 2.45) is 4.99 Å². The summed E-state index contributed by atoms with van der Waals surface area (Å²) in [5, 5.41) is 6.41. The number of alkyl carbamates (subject to hydrolysis) is 1. The third kappa shape index (κ3) is 5.40. The van der Waals surface area contributed by atoms with E-state index in [-0.39, 0.29) is 17.6 Å². The molecule has 2 aliphatic rings. The zero-order chi connectivity index (χ0) is 20.2. The Morgan fingerprint density at radius 2 is 2.00 bits per heavy atom. The lowest BCUT2D eigenvalue weighted by atomic mass is 9.96. The van der Waals surface area contributed by atoms with Gasteiger partial charge in [-0.3, -0.25) is 4.99 Å². The van der Waals surface area contributed by atoms with Gasteiger partial charge in [0.2, 0.25) is 0 Å². The van der Waals surface area contributed by atoms with Gasteiger partial charge in [0.05, 0.1) is 12.6 Å². The zero-order valence-electron chi connectivity index (χ0n) is 17.6. The molecule has 0 radical (unpaired) electrons. The highest BCUT2D eigenvalue weighted by Gasteiger charge is 2.44. The molecule has 1 atom stereocenters. The van der Waals surface area contributed by atoms with Crippen molar-refractivity contribution in [3.63, 3.8) is 0 Å². The number of carbonyl (C=O) groups is 1. The average Bonchev–Trinajstić information content (AvgIpc) is 3.29. The van der Waals surface area contributed by atoms with E-state index in [9.17, 15) is 4.79 Å². The lowest BCUT2D eigenvalue weighted by Gasteiger charge is -2.24. The number of aliphatic imine (C=N–C) groups is 1. The van der Waals surface area contributed by atoms with Crippen molar-refractivity contribution in [1.29, 1.82) is 0 Å². The number of rotatable bonds is 5. The number of benzene rings is 1. The summed E-state index contributed by atoms with van der Waals surface area (Å²) in [6.07, 6.45) is 2.95. The first-order chi connectivity index (χ1) is 13.3. The fourth-order valence-electron chi connectivity index (χ4n) is 3.68. The topological polar surface area (TPSA) is 66.0 Å². The van der Waals surface area contributed by atoms with Crippen LogP contribution in [0.1, 0.15) is 52.5 Å². The predicted octanol–water partition coefficient (Wildman–Crippen LogP) is 3.28. The zero-order valence-corrected chi connectivity index (χ0v) is 17.6. The summed E-state index contributed by atoms with van der Waals surface area (Å²) in [5.41, 5.74) is 1.12. The molecule has 154 valence electrons. The fourth-order valence-corrected chi connectivity index (χ4v) is 3.68. The minimum absolute atomic E-state index is 0.0858. The molecule has 2 N–H and O–H groups in total. The van der Waals surface area contributed by atoms with Crippen LogP contribution in [0.5, 0.6) is 0 Å². The van der Waals surface area contributed by atoms with E-state index >= 15 is 0 Å². The number of ether oxygens (including phenoxy) is 1. The molecule has 6 nitrogen and oxygen atoms in total. The number of hydrogen-bond acceptors (Lipinski definition) is 3. The first kappa shape index (κ1) is 20.5. The summed E-state index contributed by atoms with van der Waals surface area (Å²) in [7, 11) is 0. The van der Waals surface area contributed by atoms with Gasteiger partial charge in [-0.15, -0.1) is 0 Å². The van der Waals surface area contributed by atoms with Gasteiger partial charge in [0, 0.05) is 25.0 Å². The second-order valence-electron chi connectivity index (χ2n) is 8.89. The highest BCUT2D eigenvalue weighted by molar-refractivity contribution is 5.80. The van der Waals surface area contributed by atoms with Crippen molar-refractivity contribution in [1.82, 2.24) is 15.5 Å². The summed E-state index contributed by atoms with van der Waals surface area (Å²) in [6, 6.07) is 10.8. The molecule has 2 fully saturated rings. The second-order valence-corrected chi connectivity index (χ2v) is 8.89. The van der Waals surface area contributed by atoms with Crippen molar-refractivity contribution < 1.29 is 9.53 Å². The Balaban J connectivity index is 1.59. The summed E-state index contributed by atoms with van der Waals surface area (Å²) in [5.74, 6) is 0.943. The van der Waals surface area contributed by atoms with Crippen LogP contribution in [0.25, 0.3) is 0 Å². The molecule has 1 aromatic rings. The number of guanidine groups is 1. The van der Waals surface area contributed by atoms with E-state index in [4.69, 9.17) is 9.73 Å². The van der Waals surface area contributed by atoms with Gasteiger partial charge in [0.1, 0.15) is 5.60 Å². The van der Waals surface area contributed by atoms with Crippen LogP contribution in [0.4, 0.5) is 4.79 Å². The number of likely N-dealkylation sites (tertiary alicyclic amines) is 1. The predicted molar refractivity (Wildman–Crippen MR) is 113 cm³/mol. The fraction of sp³-hybridized carbons (Fsp3) is 0.636. The van der Waals surface area contributed by atoms with Crippen LogP contribution in [-0.4, -0.2) is 54.8 Å². The Morgan fingerprint density at radius 3 is 2.61 bits per heavy atom. The number of nitrogens with one attached hydrogen (secondary N) is 2. The minimum Gasteiger partial charge on any atom is -0.444 e. The smallest absolute Gasteiger partial charge is 0.407 e. The lowest BCUT2D eigenvalue weighted by molar-refractivity contribution is 0.0507. The summed E-state index contributed by atoms with van der Waals surface area (Å²) >= 11 is 0. The first-order valence-electron chi connectivity index (χ1n) is 10.4. The highest BCUT2D eigenvalue weighted by atomic mass is 16.6. The van der Waals surface area contributed by atoms with Gasteiger partial charge in [0.25, 0.3) is 0 Å². The summed E-state index contributed by atoms with van der Waals surface area (Å²) in [4.78, 5) is 19.3. The van der Waals surface area contributed by atoms with Gasteiger partial charge < -0.3 is 20.3 Å². The van der Waals surface area contributed by atoms with Gasteiger partial charge >= 0.3 is 6.09 Å². The van der Waals surface area contributed by atoms with E-state index in [1.54, 1.807) is 0 Å². The van der Waals surface area contributed by atoms with Gasteiger partial charge in [-0.05, 0) is 52.5 Å². The highest BCUT2D eigenvalue weighted by Crippen LogP contribution is 2.48. The third-order valence-corrected chi connectivity index (χ3v) is 5.31. The van der Waals surface area contributed by atoms with E-state index in [0.29, 0.717) is 0 Å². The number of amides is 1. The van der Waals surface area contributed by atoms with Crippen LogP contribution in [0.15, 0.2) is 35.3 Å². The SMILES string of the molecule is CCNC(=NCC1(c2ccccc2)CC1)N1CCC(NC(=O)OC(C)(C)C)C1. The molecule has 1 unspecified atom stereocenters. The lowest BCUT2D eigenvalue weighted by Crippen LogP contribution is -2.44. The Kier molecular flexibility index (Phi) is 6.16. The first-order valence-corrected chi connectivity index (χ1v) is 10.4. The quantitative estimate of drug-likeness (QED) is 0.602. The van der Waals surface area contributed by atoms with Crippen molar-refractivity contribution in [3.8, 4) is 0 Å². The molecule has 6 heteroatoms. The summed E-state index contributed by atoms with van der Waals surface area (Å²) in [6.45, 7) is 11.0. The Labute approximate surface area is 168 Å². The maximum Gasteiger partial charge on any atom is 0.407 e. The average molecular weight is 387 g/mol. The maximum absolute atomic E-state index is 12.0. The van der Waals surface area contributed by atoms with E-state index in [1.807, 2.05) is 20.8 Å². The van der Waals surface area contributed by atoms with Crippen molar-refractivity contribution in [2.75, 3.05) is 26.2 Å².